The van der Waals surface area contributed by atoms with Crippen molar-refractivity contribution in [1.29, 1.82) is 0 Å². The lowest BCUT2D eigenvalue weighted by molar-refractivity contribution is -0.137. The Labute approximate surface area is 125 Å². The number of benzene rings is 2. The number of methoxy groups -OCH3 is 1. The van der Waals surface area contributed by atoms with Gasteiger partial charge < -0.3 is 9.84 Å². The Hall–Kier alpha value is -2.29. The van der Waals surface area contributed by atoms with Crippen molar-refractivity contribution in [3.8, 4) is 5.75 Å². The predicted molar refractivity (Wildman–Crippen MR) is 82.8 cm³/mol. The summed E-state index contributed by atoms with van der Waals surface area (Å²) in [6.07, 6.45) is 1.85. The molecule has 0 aliphatic rings. The number of rotatable bonds is 7. The van der Waals surface area contributed by atoms with Gasteiger partial charge in [-0.3, -0.25) is 4.79 Å². The SMILES string of the molecule is COc1ccc(C(CCc2ccccc2)CC(=O)O)cc1. The van der Waals surface area contributed by atoms with Crippen molar-refractivity contribution in [2.75, 3.05) is 7.11 Å². The van der Waals surface area contributed by atoms with E-state index in [1.54, 1.807) is 7.11 Å². The van der Waals surface area contributed by atoms with Gasteiger partial charge in [0.15, 0.2) is 0 Å². The molecule has 1 atom stereocenters. The van der Waals surface area contributed by atoms with Crippen LogP contribution in [-0.2, 0) is 11.2 Å². The molecule has 0 aliphatic heterocycles. The summed E-state index contributed by atoms with van der Waals surface area (Å²) < 4.78 is 5.14. The van der Waals surface area contributed by atoms with Crippen LogP contribution in [-0.4, -0.2) is 18.2 Å². The lowest BCUT2D eigenvalue weighted by Gasteiger charge is -2.16. The van der Waals surface area contributed by atoms with E-state index in [0.717, 1.165) is 24.2 Å². The molecule has 3 nitrogen and oxygen atoms in total. The molecule has 1 N–H and O–H groups in total. The maximum Gasteiger partial charge on any atom is 0.303 e. The Kier molecular flexibility index (Phi) is 5.38. The van der Waals surface area contributed by atoms with E-state index in [-0.39, 0.29) is 12.3 Å². The van der Waals surface area contributed by atoms with Crippen LogP contribution in [0, 0.1) is 0 Å². The second kappa shape index (κ2) is 7.48. The smallest absolute Gasteiger partial charge is 0.303 e. The van der Waals surface area contributed by atoms with E-state index in [1.807, 2.05) is 42.5 Å². The molecule has 3 heteroatoms. The Morgan fingerprint density at radius 3 is 2.33 bits per heavy atom. The molecule has 0 radical (unpaired) electrons. The largest absolute Gasteiger partial charge is 0.497 e. The van der Waals surface area contributed by atoms with E-state index < -0.39 is 5.97 Å². The molecule has 0 aliphatic carbocycles. The van der Waals surface area contributed by atoms with Gasteiger partial charge in [-0.15, -0.1) is 0 Å². The van der Waals surface area contributed by atoms with Crippen LogP contribution in [0.25, 0.3) is 0 Å². The van der Waals surface area contributed by atoms with Crippen LogP contribution in [0.4, 0.5) is 0 Å². The van der Waals surface area contributed by atoms with Crippen molar-refractivity contribution < 1.29 is 14.6 Å². The summed E-state index contributed by atoms with van der Waals surface area (Å²) in [4.78, 5) is 11.1. The summed E-state index contributed by atoms with van der Waals surface area (Å²) in [5.41, 5.74) is 2.29. The summed E-state index contributed by atoms with van der Waals surface area (Å²) >= 11 is 0. The maximum absolute atomic E-state index is 11.1. The number of ether oxygens (including phenoxy) is 1. The molecule has 0 bridgehead atoms. The zero-order valence-corrected chi connectivity index (χ0v) is 12.2. The summed E-state index contributed by atoms with van der Waals surface area (Å²) in [6, 6.07) is 17.8. The fourth-order valence-electron chi connectivity index (χ4n) is 2.46. The Morgan fingerprint density at radius 2 is 1.76 bits per heavy atom. The molecule has 0 fully saturated rings. The average Bonchev–Trinajstić information content (AvgIpc) is 2.52. The van der Waals surface area contributed by atoms with Gasteiger partial charge in [0.05, 0.1) is 13.5 Å². The first kappa shape index (κ1) is 15.1. The Morgan fingerprint density at radius 1 is 1.10 bits per heavy atom. The molecule has 0 spiro atoms. The van der Waals surface area contributed by atoms with E-state index in [4.69, 9.17) is 9.84 Å². The lowest BCUT2D eigenvalue weighted by atomic mass is 9.89. The lowest BCUT2D eigenvalue weighted by Crippen LogP contribution is -2.07. The minimum absolute atomic E-state index is 0.0219. The highest BCUT2D eigenvalue weighted by molar-refractivity contribution is 5.68. The van der Waals surface area contributed by atoms with Crippen molar-refractivity contribution in [3.05, 3.63) is 65.7 Å². The highest BCUT2D eigenvalue weighted by Gasteiger charge is 2.15. The second-order valence-corrected chi connectivity index (χ2v) is 5.09. The number of aliphatic carboxylic acids is 1. The van der Waals surface area contributed by atoms with Crippen molar-refractivity contribution in [2.24, 2.45) is 0 Å². The van der Waals surface area contributed by atoms with E-state index in [9.17, 15) is 4.79 Å². The number of carboxylic acid groups (broad SMARTS) is 1. The molecular formula is C18H20O3. The number of aryl methyl sites for hydroxylation is 1. The highest BCUT2D eigenvalue weighted by atomic mass is 16.5. The van der Waals surface area contributed by atoms with Gasteiger partial charge in [0.1, 0.15) is 5.75 Å². The zero-order valence-electron chi connectivity index (χ0n) is 12.2. The molecule has 0 amide bonds. The number of carboxylic acids is 1. The third-order valence-electron chi connectivity index (χ3n) is 3.63. The van der Waals surface area contributed by atoms with Crippen molar-refractivity contribution in [1.82, 2.24) is 0 Å². The van der Waals surface area contributed by atoms with Gasteiger partial charge in [-0.05, 0) is 42.0 Å². The molecule has 0 heterocycles. The molecule has 110 valence electrons. The van der Waals surface area contributed by atoms with Gasteiger partial charge in [-0.25, -0.2) is 0 Å². The van der Waals surface area contributed by atoms with Crippen molar-refractivity contribution in [3.63, 3.8) is 0 Å². The fourth-order valence-corrected chi connectivity index (χ4v) is 2.46. The van der Waals surface area contributed by atoms with E-state index in [1.165, 1.54) is 5.56 Å². The molecule has 1 unspecified atom stereocenters. The van der Waals surface area contributed by atoms with Crippen molar-refractivity contribution >= 4 is 5.97 Å². The van der Waals surface area contributed by atoms with Gasteiger partial charge in [0.2, 0.25) is 0 Å². The highest BCUT2D eigenvalue weighted by Crippen LogP contribution is 2.27. The van der Waals surface area contributed by atoms with Crippen LogP contribution in [0.1, 0.15) is 29.9 Å². The normalized spacial score (nSPS) is 11.9. The van der Waals surface area contributed by atoms with E-state index >= 15 is 0 Å². The minimum Gasteiger partial charge on any atom is -0.497 e. The average molecular weight is 284 g/mol. The first-order valence-corrected chi connectivity index (χ1v) is 7.08. The number of hydrogen-bond donors (Lipinski definition) is 1. The maximum atomic E-state index is 11.1. The monoisotopic (exact) mass is 284 g/mol. The molecule has 2 aromatic carbocycles. The molecule has 0 saturated carbocycles. The third-order valence-corrected chi connectivity index (χ3v) is 3.63. The van der Waals surface area contributed by atoms with Crippen LogP contribution in [0.3, 0.4) is 0 Å². The summed E-state index contributed by atoms with van der Waals surface area (Å²) in [7, 11) is 1.62. The molecule has 2 rings (SSSR count). The van der Waals surface area contributed by atoms with Crippen LogP contribution in [0.2, 0.25) is 0 Å². The van der Waals surface area contributed by atoms with Gasteiger partial charge in [0, 0.05) is 0 Å². The standard InChI is InChI=1S/C18H20O3/c1-21-17-11-9-15(10-12-17)16(13-18(19)20)8-7-14-5-3-2-4-6-14/h2-6,9-12,16H,7-8,13H2,1H3,(H,19,20). The Balaban J connectivity index is 2.07. The van der Waals surface area contributed by atoms with Gasteiger partial charge >= 0.3 is 5.97 Å². The molecular weight excluding hydrogens is 264 g/mol. The molecule has 0 saturated heterocycles. The van der Waals surface area contributed by atoms with Gasteiger partial charge in [0.25, 0.3) is 0 Å². The third kappa shape index (κ3) is 4.63. The summed E-state index contributed by atoms with van der Waals surface area (Å²) in [6.45, 7) is 0. The van der Waals surface area contributed by atoms with Crippen LogP contribution < -0.4 is 4.74 Å². The van der Waals surface area contributed by atoms with Crippen LogP contribution >= 0.6 is 0 Å². The summed E-state index contributed by atoms with van der Waals surface area (Å²) in [5, 5.41) is 9.12. The minimum atomic E-state index is -0.760. The Bertz CT molecular complexity index is 561. The van der Waals surface area contributed by atoms with Gasteiger partial charge in [-0.1, -0.05) is 42.5 Å². The number of carbonyl (C=O) groups is 1. The first-order valence-electron chi connectivity index (χ1n) is 7.08. The fraction of sp³-hybridized carbons (Fsp3) is 0.278. The first-order chi connectivity index (χ1) is 10.2. The van der Waals surface area contributed by atoms with E-state index in [2.05, 4.69) is 12.1 Å². The summed E-state index contributed by atoms with van der Waals surface area (Å²) in [5.74, 6) is 0.0494. The van der Waals surface area contributed by atoms with Crippen molar-refractivity contribution in [2.45, 2.75) is 25.2 Å². The van der Waals surface area contributed by atoms with Crippen LogP contribution in [0.5, 0.6) is 5.75 Å². The molecule has 0 aromatic heterocycles. The predicted octanol–water partition coefficient (Wildman–Crippen LogP) is 3.89. The van der Waals surface area contributed by atoms with E-state index in [0.29, 0.717) is 0 Å². The molecule has 21 heavy (non-hydrogen) atoms. The quantitative estimate of drug-likeness (QED) is 0.839. The molecule has 2 aromatic rings. The van der Waals surface area contributed by atoms with Crippen LogP contribution in [0.15, 0.2) is 54.6 Å². The topological polar surface area (TPSA) is 46.5 Å². The van der Waals surface area contributed by atoms with Gasteiger partial charge in [-0.2, -0.15) is 0 Å². The second-order valence-electron chi connectivity index (χ2n) is 5.09. The number of hydrogen-bond acceptors (Lipinski definition) is 2. The zero-order chi connectivity index (χ0) is 15.1.